The van der Waals surface area contributed by atoms with Crippen LogP contribution in [0.5, 0.6) is 0 Å². The highest BCUT2D eigenvalue weighted by atomic mass is 35.5. The van der Waals surface area contributed by atoms with Crippen LogP contribution < -0.4 is 5.32 Å². The first-order valence-electron chi connectivity index (χ1n) is 7.41. The third kappa shape index (κ3) is 4.05. The second kappa shape index (κ2) is 7.58. The number of hydrogen-bond acceptors (Lipinski definition) is 1. The Morgan fingerprint density at radius 2 is 1.71 bits per heavy atom. The minimum absolute atomic E-state index is 0.00451. The Bertz CT molecular complexity index is 585. The Balaban J connectivity index is 2.22. The van der Waals surface area contributed by atoms with Crippen molar-refractivity contribution in [3.05, 3.63) is 70.5 Å². The van der Waals surface area contributed by atoms with Crippen LogP contribution in [-0.2, 0) is 0 Å². The van der Waals surface area contributed by atoms with Crippen LogP contribution in [0.15, 0.2) is 48.5 Å². The lowest BCUT2D eigenvalue weighted by Crippen LogP contribution is -2.26. The average molecular weight is 306 g/mol. The molecule has 0 saturated heterocycles. The Labute approximate surface area is 131 Å². The van der Waals surface area contributed by atoms with E-state index in [9.17, 15) is 4.39 Å². The predicted molar refractivity (Wildman–Crippen MR) is 87.1 cm³/mol. The SMILES string of the molecule is CCC(NC(CC)c1ccccc1F)c1cccc(Cl)c1. The lowest BCUT2D eigenvalue weighted by Gasteiger charge is -2.25. The molecule has 2 unspecified atom stereocenters. The molecule has 1 N–H and O–H groups in total. The normalized spacial score (nSPS) is 13.9. The number of benzene rings is 2. The molecule has 21 heavy (non-hydrogen) atoms. The number of rotatable bonds is 6. The molecule has 0 radical (unpaired) electrons. The summed E-state index contributed by atoms with van der Waals surface area (Å²) in [7, 11) is 0. The van der Waals surface area contributed by atoms with E-state index in [0.29, 0.717) is 0 Å². The van der Waals surface area contributed by atoms with E-state index >= 15 is 0 Å². The maximum atomic E-state index is 14.0. The van der Waals surface area contributed by atoms with Crippen molar-refractivity contribution >= 4 is 11.6 Å². The Morgan fingerprint density at radius 3 is 2.33 bits per heavy atom. The van der Waals surface area contributed by atoms with Crippen LogP contribution in [0.3, 0.4) is 0 Å². The molecule has 0 bridgehead atoms. The molecule has 0 aliphatic rings. The van der Waals surface area contributed by atoms with Gasteiger partial charge in [-0.15, -0.1) is 0 Å². The molecule has 0 heterocycles. The second-order valence-corrected chi connectivity index (χ2v) is 5.60. The van der Waals surface area contributed by atoms with Crippen LogP contribution in [-0.4, -0.2) is 0 Å². The van der Waals surface area contributed by atoms with Crippen molar-refractivity contribution in [2.45, 2.75) is 38.8 Å². The van der Waals surface area contributed by atoms with Crippen LogP contribution in [0, 0.1) is 5.82 Å². The van der Waals surface area contributed by atoms with Gasteiger partial charge < -0.3 is 5.32 Å². The summed E-state index contributed by atoms with van der Waals surface area (Å²) in [4.78, 5) is 0. The van der Waals surface area contributed by atoms with Gasteiger partial charge in [0.15, 0.2) is 0 Å². The molecule has 1 nitrogen and oxygen atoms in total. The van der Waals surface area contributed by atoms with Crippen molar-refractivity contribution in [2.24, 2.45) is 0 Å². The Kier molecular flexibility index (Phi) is 5.77. The minimum atomic E-state index is -0.155. The fraction of sp³-hybridized carbons (Fsp3) is 0.333. The zero-order valence-electron chi connectivity index (χ0n) is 12.4. The first-order valence-corrected chi connectivity index (χ1v) is 7.79. The van der Waals surface area contributed by atoms with Crippen LogP contribution in [0.25, 0.3) is 0 Å². The van der Waals surface area contributed by atoms with E-state index in [2.05, 4.69) is 25.2 Å². The molecule has 0 saturated carbocycles. The third-order valence-corrected chi connectivity index (χ3v) is 3.99. The van der Waals surface area contributed by atoms with E-state index in [1.165, 1.54) is 6.07 Å². The molecule has 112 valence electrons. The zero-order valence-corrected chi connectivity index (χ0v) is 13.2. The highest BCUT2D eigenvalue weighted by Gasteiger charge is 2.18. The maximum absolute atomic E-state index is 14.0. The average Bonchev–Trinajstić information content (AvgIpc) is 2.50. The van der Waals surface area contributed by atoms with Gasteiger partial charge in [-0.2, -0.15) is 0 Å². The molecule has 2 aromatic carbocycles. The first kappa shape index (κ1) is 16.0. The molecule has 0 aliphatic heterocycles. The standard InChI is InChI=1S/C18H21ClFN/c1-3-17(13-8-7-9-14(19)12-13)21-18(4-2)15-10-5-6-11-16(15)20/h5-12,17-18,21H,3-4H2,1-2H3. The first-order chi connectivity index (χ1) is 10.2. The molecule has 0 aliphatic carbocycles. The van der Waals surface area contributed by atoms with Gasteiger partial charge in [-0.25, -0.2) is 4.39 Å². The summed E-state index contributed by atoms with van der Waals surface area (Å²) < 4.78 is 14.0. The summed E-state index contributed by atoms with van der Waals surface area (Å²) in [5, 5.41) is 4.28. The number of hydrogen-bond donors (Lipinski definition) is 1. The maximum Gasteiger partial charge on any atom is 0.127 e. The molecule has 0 fully saturated rings. The monoisotopic (exact) mass is 305 g/mol. The van der Waals surface area contributed by atoms with Gasteiger partial charge >= 0.3 is 0 Å². The van der Waals surface area contributed by atoms with Crippen molar-refractivity contribution in [1.82, 2.24) is 5.32 Å². The zero-order chi connectivity index (χ0) is 15.2. The lowest BCUT2D eigenvalue weighted by molar-refractivity contribution is 0.413. The van der Waals surface area contributed by atoms with Gasteiger partial charge in [-0.1, -0.05) is 55.8 Å². The fourth-order valence-corrected chi connectivity index (χ4v) is 2.80. The third-order valence-electron chi connectivity index (χ3n) is 3.75. The van der Waals surface area contributed by atoms with Gasteiger partial charge in [0.05, 0.1) is 0 Å². The van der Waals surface area contributed by atoms with Crippen molar-refractivity contribution < 1.29 is 4.39 Å². The van der Waals surface area contributed by atoms with Gasteiger partial charge in [0.2, 0.25) is 0 Å². The van der Waals surface area contributed by atoms with Crippen molar-refractivity contribution in [3.63, 3.8) is 0 Å². The number of halogens is 2. The predicted octanol–water partition coefficient (Wildman–Crippen LogP) is 5.67. The van der Waals surface area contributed by atoms with E-state index in [0.717, 1.165) is 29.0 Å². The van der Waals surface area contributed by atoms with Crippen LogP contribution in [0.2, 0.25) is 5.02 Å². The minimum Gasteiger partial charge on any atom is -0.303 e. The summed E-state index contributed by atoms with van der Waals surface area (Å²) in [6, 6.07) is 15.0. The van der Waals surface area contributed by atoms with Crippen LogP contribution in [0.1, 0.15) is 49.9 Å². The summed E-state index contributed by atoms with van der Waals surface area (Å²) in [5.74, 6) is -0.155. The molecular weight excluding hydrogens is 285 g/mol. The van der Waals surface area contributed by atoms with Gasteiger partial charge in [0, 0.05) is 22.7 Å². The Morgan fingerprint density at radius 1 is 1.00 bits per heavy atom. The molecule has 3 heteroatoms. The van der Waals surface area contributed by atoms with Crippen molar-refractivity contribution in [1.29, 1.82) is 0 Å². The van der Waals surface area contributed by atoms with Crippen molar-refractivity contribution in [2.75, 3.05) is 0 Å². The molecule has 2 aromatic rings. The largest absolute Gasteiger partial charge is 0.303 e. The summed E-state index contributed by atoms with van der Waals surface area (Å²) in [6.07, 6.45) is 1.75. The number of nitrogens with one attached hydrogen (secondary N) is 1. The van der Waals surface area contributed by atoms with Crippen LogP contribution in [0.4, 0.5) is 4.39 Å². The van der Waals surface area contributed by atoms with E-state index < -0.39 is 0 Å². The van der Waals surface area contributed by atoms with E-state index in [-0.39, 0.29) is 17.9 Å². The van der Waals surface area contributed by atoms with Gasteiger partial charge in [-0.05, 0) is 36.6 Å². The molecule has 0 spiro atoms. The lowest BCUT2D eigenvalue weighted by atomic mass is 9.99. The molecule has 0 amide bonds. The van der Waals surface area contributed by atoms with E-state index in [1.807, 2.05) is 30.3 Å². The quantitative estimate of drug-likeness (QED) is 0.725. The highest BCUT2D eigenvalue weighted by molar-refractivity contribution is 6.30. The van der Waals surface area contributed by atoms with E-state index in [1.54, 1.807) is 6.07 Å². The highest BCUT2D eigenvalue weighted by Crippen LogP contribution is 2.27. The van der Waals surface area contributed by atoms with Gasteiger partial charge in [0.25, 0.3) is 0 Å². The summed E-state index contributed by atoms with van der Waals surface area (Å²) >= 11 is 6.07. The van der Waals surface area contributed by atoms with E-state index in [4.69, 9.17) is 11.6 Å². The molecule has 2 rings (SSSR count). The summed E-state index contributed by atoms with van der Waals surface area (Å²) in [6.45, 7) is 4.18. The fourth-order valence-electron chi connectivity index (χ4n) is 2.60. The van der Waals surface area contributed by atoms with Crippen LogP contribution >= 0.6 is 11.6 Å². The van der Waals surface area contributed by atoms with Gasteiger partial charge in [0.1, 0.15) is 5.82 Å². The topological polar surface area (TPSA) is 12.0 Å². The summed E-state index contributed by atoms with van der Waals surface area (Å²) in [5.41, 5.74) is 1.86. The van der Waals surface area contributed by atoms with Gasteiger partial charge in [-0.3, -0.25) is 0 Å². The Hall–Kier alpha value is -1.38. The molecule has 2 atom stereocenters. The van der Waals surface area contributed by atoms with Crippen molar-refractivity contribution in [3.8, 4) is 0 Å². The smallest absolute Gasteiger partial charge is 0.127 e. The molecular formula is C18H21ClFN. The second-order valence-electron chi connectivity index (χ2n) is 5.16. The molecule has 0 aromatic heterocycles.